The Labute approximate surface area is 136 Å². The molecule has 0 spiro atoms. The second-order valence-corrected chi connectivity index (χ2v) is 6.29. The van der Waals surface area contributed by atoms with Crippen molar-refractivity contribution in [3.63, 3.8) is 0 Å². The molecule has 1 heterocycles. The van der Waals surface area contributed by atoms with Crippen LogP contribution in [0.3, 0.4) is 0 Å². The van der Waals surface area contributed by atoms with Crippen LogP contribution in [0, 0.1) is 5.92 Å². The zero-order chi connectivity index (χ0) is 17.0. The number of esters is 1. The van der Waals surface area contributed by atoms with Gasteiger partial charge in [0.2, 0.25) is 0 Å². The monoisotopic (exact) mass is 320 g/mol. The van der Waals surface area contributed by atoms with Crippen LogP contribution in [0.2, 0.25) is 0 Å². The van der Waals surface area contributed by atoms with E-state index in [4.69, 9.17) is 4.74 Å². The summed E-state index contributed by atoms with van der Waals surface area (Å²) in [5.41, 5.74) is 0.703. The molecule has 0 radical (unpaired) electrons. The maximum absolute atomic E-state index is 12.0. The van der Waals surface area contributed by atoms with Crippen molar-refractivity contribution in [1.29, 1.82) is 0 Å². The molecule has 1 aromatic heterocycles. The highest BCUT2D eigenvalue weighted by molar-refractivity contribution is 5.98. The number of hydrogen-bond acceptors (Lipinski definition) is 4. The molecule has 1 amide bonds. The molecule has 1 aromatic rings. The number of rotatable bonds is 5. The first-order valence-corrected chi connectivity index (χ1v) is 8.02. The molecule has 2 rings (SSSR count). The minimum atomic E-state index is -0.605. The van der Waals surface area contributed by atoms with Crippen molar-refractivity contribution in [3.8, 4) is 0 Å². The smallest absolute Gasteiger partial charge is 0.355 e. The third-order valence-corrected chi connectivity index (χ3v) is 4.41. The van der Waals surface area contributed by atoms with E-state index < -0.39 is 5.97 Å². The molecular formula is C17H24N2O4. The maximum Gasteiger partial charge on any atom is 0.355 e. The SMILES string of the molecule is CC(=O)c1cc(C(=O)OCC(=O)N[C@@H]2CCCC[C@H]2C)n(C)c1. The Morgan fingerprint density at radius 1 is 1.30 bits per heavy atom. The van der Waals surface area contributed by atoms with Crippen molar-refractivity contribution in [2.75, 3.05) is 6.61 Å². The zero-order valence-electron chi connectivity index (χ0n) is 13.9. The molecule has 0 unspecified atom stereocenters. The minimum absolute atomic E-state index is 0.122. The molecule has 6 nitrogen and oxygen atoms in total. The average Bonchev–Trinajstić information content (AvgIpc) is 2.89. The summed E-state index contributed by atoms with van der Waals surface area (Å²) in [4.78, 5) is 35.3. The molecule has 1 saturated carbocycles. The summed E-state index contributed by atoms with van der Waals surface area (Å²) >= 11 is 0. The first-order valence-electron chi connectivity index (χ1n) is 8.02. The van der Waals surface area contributed by atoms with E-state index in [-0.39, 0.29) is 30.0 Å². The summed E-state index contributed by atoms with van der Waals surface area (Å²) in [5, 5.41) is 2.94. The van der Waals surface area contributed by atoms with E-state index in [1.165, 1.54) is 24.0 Å². The van der Waals surface area contributed by atoms with Gasteiger partial charge in [-0.1, -0.05) is 19.8 Å². The lowest BCUT2D eigenvalue weighted by molar-refractivity contribution is -0.125. The predicted octanol–water partition coefficient (Wildman–Crippen LogP) is 2.08. The Bertz CT molecular complexity index is 606. The van der Waals surface area contributed by atoms with Crippen molar-refractivity contribution in [2.45, 2.75) is 45.6 Å². The summed E-state index contributed by atoms with van der Waals surface area (Å²) in [6.07, 6.45) is 5.98. The van der Waals surface area contributed by atoms with Gasteiger partial charge in [-0.05, 0) is 31.7 Å². The Kier molecular flexibility index (Phi) is 5.58. The molecule has 0 saturated heterocycles. The molecular weight excluding hydrogens is 296 g/mol. The predicted molar refractivity (Wildman–Crippen MR) is 85.3 cm³/mol. The number of amides is 1. The van der Waals surface area contributed by atoms with E-state index in [0.717, 1.165) is 19.3 Å². The van der Waals surface area contributed by atoms with Crippen LogP contribution in [-0.2, 0) is 16.6 Å². The van der Waals surface area contributed by atoms with Gasteiger partial charge in [-0.2, -0.15) is 0 Å². The first kappa shape index (κ1) is 17.2. The number of hydrogen-bond donors (Lipinski definition) is 1. The van der Waals surface area contributed by atoms with Gasteiger partial charge in [0.15, 0.2) is 12.4 Å². The van der Waals surface area contributed by atoms with Crippen LogP contribution in [0.5, 0.6) is 0 Å². The normalized spacial score (nSPS) is 20.8. The van der Waals surface area contributed by atoms with Crippen LogP contribution in [0.4, 0.5) is 0 Å². The molecule has 1 aliphatic rings. The number of carbonyl (C=O) groups excluding carboxylic acids is 3. The van der Waals surface area contributed by atoms with Gasteiger partial charge in [0.25, 0.3) is 5.91 Å². The van der Waals surface area contributed by atoms with E-state index in [0.29, 0.717) is 11.5 Å². The van der Waals surface area contributed by atoms with Crippen molar-refractivity contribution >= 4 is 17.7 Å². The van der Waals surface area contributed by atoms with Gasteiger partial charge in [-0.15, -0.1) is 0 Å². The average molecular weight is 320 g/mol. The second kappa shape index (κ2) is 7.44. The lowest BCUT2D eigenvalue weighted by atomic mass is 9.86. The number of aryl methyl sites for hydroxylation is 1. The number of ketones is 1. The number of ether oxygens (including phenoxy) is 1. The van der Waals surface area contributed by atoms with Gasteiger partial charge in [0.1, 0.15) is 5.69 Å². The zero-order valence-corrected chi connectivity index (χ0v) is 13.9. The van der Waals surface area contributed by atoms with Crippen LogP contribution in [0.15, 0.2) is 12.3 Å². The Balaban J connectivity index is 1.86. The number of aromatic nitrogens is 1. The Morgan fingerprint density at radius 2 is 2.00 bits per heavy atom. The quantitative estimate of drug-likeness (QED) is 0.665. The van der Waals surface area contributed by atoms with Crippen molar-refractivity contribution in [3.05, 3.63) is 23.5 Å². The molecule has 23 heavy (non-hydrogen) atoms. The number of Topliss-reactive ketones (excluding diaryl/α,β-unsaturated/α-hetero) is 1. The lowest BCUT2D eigenvalue weighted by Gasteiger charge is -2.29. The topological polar surface area (TPSA) is 77.4 Å². The van der Waals surface area contributed by atoms with Gasteiger partial charge in [0.05, 0.1) is 0 Å². The van der Waals surface area contributed by atoms with Gasteiger partial charge in [-0.3, -0.25) is 9.59 Å². The highest BCUT2D eigenvalue weighted by Gasteiger charge is 2.23. The van der Waals surface area contributed by atoms with Gasteiger partial charge >= 0.3 is 5.97 Å². The van der Waals surface area contributed by atoms with Crippen LogP contribution >= 0.6 is 0 Å². The third-order valence-electron chi connectivity index (χ3n) is 4.41. The van der Waals surface area contributed by atoms with E-state index in [1.54, 1.807) is 13.2 Å². The lowest BCUT2D eigenvalue weighted by Crippen LogP contribution is -2.42. The van der Waals surface area contributed by atoms with Gasteiger partial charge in [0, 0.05) is 24.8 Å². The van der Waals surface area contributed by atoms with E-state index in [1.807, 2.05) is 0 Å². The minimum Gasteiger partial charge on any atom is -0.451 e. The molecule has 126 valence electrons. The third kappa shape index (κ3) is 4.43. The molecule has 6 heteroatoms. The van der Waals surface area contributed by atoms with Crippen LogP contribution in [0.1, 0.15) is 60.4 Å². The van der Waals surface area contributed by atoms with Gasteiger partial charge < -0.3 is 14.6 Å². The largest absolute Gasteiger partial charge is 0.451 e. The number of nitrogens with one attached hydrogen (secondary N) is 1. The van der Waals surface area contributed by atoms with Crippen LogP contribution in [0.25, 0.3) is 0 Å². The van der Waals surface area contributed by atoms with Crippen LogP contribution < -0.4 is 5.32 Å². The number of carbonyl (C=O) groups is 3. The summed E-state index contributed by atoms with van der Waals surface area (Å²) in [7, 11) is 1.66. The van der Waals surface area contributed by atoms with E-state index >= 15 is 0 Å². The van der Waals surface area contributed by atoms with E-state index in [2.05, 4.69) is 12.2 Å². The fourth-order valence-electron chi connectivity index (χ4n) is 2.94. The van der Waals surface area contributed by atoms with Crippen LogP contribution in [-0.4, -0.2) is 34.9 Å². The second-order valence-electron chi connectivity index (χ2n) is 6.29. The highest BCUT2D eigenvalue weighted by atomic mass is 16.5. The number of nitrogens with zero attached hydrogens (tertiary/aromatic N) is 1. The Morgan fingerprint density at radius 3 is 2.61 bits per heavy atom. The molecule has 1 aliphatic carbocycles. The molecule has 0 aromatic carbocycles. The summed E-state index contributed by atoms with van der Waals surface area (Å²) in [6.45, 7) is 3.26. The van der Waals surface area contributed by atoms with Crippen molar-refractivity contribution in [2.24, 2.45) is 13.0 Å². The Hall–Kier alpha value is -2.11. The maximum atomic E-state index is 12.0. The molecule has 0 bridgehead atoms. The van der Waals surface area contributed by atoms with Gasteiger partial charge in [-0.25, -0.2) is 4.79 Å². The molecule has 2 atom stereocenters. The van der Waals surface area contributed by atoms with Crippen molar-refractivity contribution in [1.82, 2.24) is 9.88 Å². The molecule has 0 aliphatic heterocycles. The summed E-state index contributed by atoms with van der Waals surface area (Å²) in [6, 6.07) is 1.64. The van der Waals surface area contributed by atoms with Crippen molar-refractivity contribution < 1.29 is 19.1 Å². The first-order chi connectivity index (χ1) is 10.9. The molecule has 1 fully saturated rings. The standard InChI is InChI=1S/C17H24N2O4/c1-11-6-4-5-7-14(11)18-16(21)10-23-17(22)15-8-13(12(2)20)9-19(15)3/h8-9,11,14H,4-7,10H2,1-3H3,(H,18,21)/t11-,14-/m1/s1. The highest BCUT2D eigenvalue weighted by Crippen LogP contribution is 2.23. The summed E-state index contributed by atoms with van der Waals surface area (Å²) in [5.74, 6) is -0.553. The molecule has 1 N–H and O–H groups in total. The fourth-order valence-corrected chi connectivity index (χ4v) is 2.94. The summed E-state index contributed by atoms with van der Waals surface area (Å²) < 4.78 is 6.59. The fraction of sp³-hybridized carbons (Fsp3) is 0.588. The van der Waals surface area contributed by atoms with E-state index in [9.17, 15) is 14.4 Å².